The molecule has 6 nitrogen and oxygen atoms in total. The Morgan fingerprint density at radius 3 is 2.62 bits per heavy atom. The highest BCUT2D eigenvalue weighted by Gasteiger charge is 2.18. The highest BCUT2D eigenvalue weighted by atomic mass is 19.1. The third kappa shape index (κ3) is 4.06. The molecule has 1 amide bonds. The molecule has 0 aliphatic heterocycles. The van der Waals surface area contributed by atoms with Gasteiger partial charge in [-0.3, -0.25) is 9.59 Å². The number of anilines is 1. The minimum Gasteiger partial charge on any atom is -0.343 e. The van der Waals surface area contributed by atoms with E-state index in [2.05, 4.69) is 10.4 Å². The van der Waals surface area contributed by atoms with E-state index in [1.54, 1.807) is 24.4 Å². The van der Waals surface area contributed by atoms with Gasteiger partial charge in [0.1, 0.15) is 12.4 Å². The van der Waals surface area contributed by atoms with E-state index < -0.39 is 0 Å². The van der Waals surface area contributed by atoms with Crippen LogP contribution in [-0.4, -0.2) is 20.3 Å². The lowest BCUT2D eigenvalue weighted by Crippen LogP contribution is -2.29. The molecule has 0 saturated carbocycles. The van der Waals surface area contributed by atoms with Gasteiger partial charge in [0, 0.05) is 28.0 Å². The van der Waals surface area contributed by atoms with Gasteiger partial charge in [-0.15, -0.1) is 0 Å². The Hall–Kier alpha value is -3.74. The summed E-state index contributed by atoms with van der Waals surface area (Å²) in [7, 11) is 0. The standard InChI is InChI=1S/C25H25FN4O2/c1-4-18-8-7-10-20(12-18)28-23(31)15-30-25(32)24-17(3)29(16(2)21(24)13-27-30)14-19-9-5-6-11-22(19)26/h5-13H,4,14-15H2,1-3H3,(H,28,31). The van der Waals surface area contributed by atoms with Gasteiger partial charge < -0.3 is 9.88 Å². The molecule has 2 aromatic carbocycles. The topological polar surface area (TPSA) is 68.9 Å². The number of nitrogens with zero attached hydrogens (tertiary/aromatic N) is 3. The van der Waals surface area contributed by atoms with Crippen LogP contribution in [0.4, 0.5) is 10.1 Å². The molecule has 2 aromatic heterocycles. The van der Waals surface area contributed by atoms with Crippen molar-refractivity contribution in [2.24, 2.45) is 0 Å². The van der Waals surface area contributed by atoms with Crippen molar-refractivity contribution >= 4 is 22.4 Å². The molecular weight excluding hydrogens is 407 g/mol. The van der Waals surface area contributed by atoms with Crippen LogP contribution in [-0.2, 0) is 24.3 Å². The highest BCUT2D eigenvalue weighted by molar-refractivity contribution is 5.91. The molecule has 0 aliphatic carbocycles. The van der Waals surface area contributed by atoms with Gasteiger partial charge in [0.15, 0.2) is 0 Å². The van der Waals surface area contributed by atoms with Crippen LogP contribution in [0.1, 0.15) is 29.4 Å². The Morgan fingerprint density at radius 2 is 1.88 bits per heavy atom. The van der Waals surface area contributed by atoms with E-state index in [1.807, 2.05) is 49.6 Å². The zero-order valence-corrected chi connectivity index (χ0v) is 18.4. The van der Waals surface area contributed by atoms with Crippen LogP contribution in [0.2, 0.25) is 0 Å². The van der Waals surface area contributed by atoms with Crippen molar-refractivity contribution in [3.05, 3.63) is 93.4 Å². The molecule has 0 spiro atoms. The lowest BCUT2D eigenvalue weighted by Gasteiger charge is -2.10. The monoisotopic (exact) mass is 432 g/mol. The molecule has 0 saturated heterocycles. The van der Waals surface area contributed by atoms with Crippen molar-refractivity contribution in [1.82, 2.24) is 14.3 Å². The average Bonchev–Trinajstić information content (AvgIpc) is 3.02. The van der Waals surface area contributed by atoms with Crippen LogP contribution < -0.4 is 10.9 Å². The molecule has 32 heavy (non-hydrogen) atoms. The Balaban J connectivity index is 1.63. The SMILES string of the molecule is CCc1cccc(NC(=O)Cn2ncc3c(C)n(Cc4ccccc4F)c(C)c3c2=O)c1. The van der Waals surface area contributed by atoms with Gasteiger partial charge >= 0.3 is 0 Å². The number of amides is 1. The molecule has 0 atom stereocenters. The average molecular weight is 432 g/mol. The summed E-state index contributed by atoms with van der Waals surface area (Å²) in [6, 6.07) is 14.2. The number of nitrogens with one attached hydrogen (secondary N) is 1. The fraction of sp³-hybridized carbons (Fsp3) is 0.240. The van der Waals surface area contributed by atoms with Crippen molar-refractivity contribution in [1.29, 1.82) is 0 Å². The maximum atomic E-state index is 14.2. The largest absolute Gasteiger partial charge is 0.343 e. The lowest BCUT2D eigenvalue weighted by molar-refractivity contribution is -0.117. The van der Waals surface area contributed by atoms with Crippen LogP contribution in [0.25, 0.3) is 10.8 Å². The number of hydrogen-bond acceptors (Lipinski definition) is 3. The molecule has 0 unspecified atom stereocenters. The molecule has 7 heteroatoms. The fourth-order valence-corrected chi connectivity index (χ4v) is 4.00. The second-order valence-corrected chi connectivity index (χ2v) is 7.85. The molecule has 1 N–H and O–H groups in total. The number of carbonyl (C=O) groups is 1. The zero-order valence-electron chi connectivity index (χ0n) is 18.4. The van der Waals surface area contributed by atoms with Crippen molar-refractivity contribution in [2.75, 3.05) is 5.32 Å². The molecule has 0 fully saturated rings. The summed E-state index contributed by atoms with van der Waals surface area (Å²) in [4.78, 5) is 25.7. The second-order valence-electron chi connectivity index (χ2n) is 7.85. The van der Waals surface area contributed by atoms with Crippen LogP contribution in [0, 0.1) is 19.7 Å². The third-order valence-corrected chi connectivity index (χ3v) is 5.80. The quantitative estimate of drug-likeness (QED) is 0.496. The van der Waals surface area contributed by atoms with Crippen LogP contribution in [0.3, 0.4) is 0 Å². The summed E-state index contributed by atoms with van der Waals surface area (Å²) >= 11 is 0. The molecule has 0 aliphatic rings. The first-order valence-corrected chi connectivity index (χ1v) is 10.6. The summed E-state index contributed by atoms with van der Waals surface area (Å²) in [6.07, 6.45) is 2.46. The Kier molecular flexibility index (Phi) is 5.90. The maximum Gasteiger partial charge on any atom is 0.276 e. The van der Waals surface area contributed by atoms with Gasteiger partial charge in [-0.2, -0.15) is 5.10 Å². The molecule has 2 heterocycles. The van der Waals surface area contributed by atoms with Crippen molar-refractivity contribution in [2.45, 2.75) is 40.3 Å². The first-order chi connectivity index (χ1) is 15.4. The van der Waals surface area contributed by atoms with Gasteiger partial charge in [0.25, 0.3) is 5.56 Å². The van der Waals surface area contributed by atoms with Gasteiger partial charge in [-0.25, -0.2) is 9.07 Å². The molecule has 164 valence electrons. The molecule has 0 radical (unpaired) electrons. The number of hydrogen-bond donors (Lipinski definition) is 1. The minimum absolute atomic E-state index is 0.192. The van der Waals surface area contributed by atoms with E-state index in [0.29, 0.717) is 28.6 Å². The molecule has 4 aromatic rings. The lowest BCUT2D eigenvalue weighted by atomic mass is 10.1. The van der Waals surface area contributed by atoms with Crippen molar-refractivity contribution in [3.63, 3.8) is 0 Å². The van der Waals surface area contributed by atoms with Crippen molar-refractivity contribution < 1.29 is 9.18 Å². The van der Waals surface area contributed by atoms with Crippen LogP contribution in [0.5, 0.6) is 0 Å². The van der Waals surface area contributed by atoms with Crippen molar-refractivity contribution in [3.8, 4) is 0 Å². The number of rotatable bonds is 6. The van der Waals surface area contributed by atoms with E-state index in [4.69, 9.17) is 0 Å². The van der Waals surface area contributed by atoms with Gasteiger partial charge in [-0.1, -0.05) is 37.3 Å². The Morgan fingerprint density at radius 1 is 1.09 bits per heavy atom. The molecular formula is C25H25FN4O2. The smallest absolute Gasteiger partial charge is 0.276 e. The summed E-state index contributed by atoms with van der Waals surface area (Å²) in [5.41, 5.74) is 3.55. The van der Waals surface area contributed by atoms with Crippen LogP contribution in [0.15, 0.2) is 59.5 Å². The number of fused-ring (bicyclic) bond motifs is 1. The fourth-order valence-electron chi connectivity index (χ4n) is 4.00. The number of halogens is 1. The van der Waals surface area contributed by atoms with Gasteiger partial charge in [-0.05, 0) is 44.0 Å². The number of aromatic nitrogens is 3. The van der Waals surface area contributed by atoms with Gasteiger partial charge in [0.2, 0.25) is 5.91 Å². The number of benzene rings is 2. The van der Waals surface area contributed by atoms with E-state index in [-0.39, 0.29) is 23.8 Å². The van der Waals surface area contributed by atoms with E-state index in [1.165, 1.54) is 10.7 Å². The number of aryl methyl sites for hydroxylation is 3. The summed E-state index contributed by atoms with van der Waals surface area (Å²) in [5.74, 6) is -0.615. The predicted octanol–water partition coefficient (Wildman–Crippen LogP) is 4.20. The minimum atomic E-state index is -0.340. The Labute approximate surface area is 185 Å². The predicted molar refractivity (Wildman–Crippen MR) is 123 cm³/mol. The van der Waals surface area contributed by atoms with E-state index in [0.717, 1.165) is 23.4 Å². The van der Waals surface area contributed by atoms with E-state index in [9.17, 15) is 14.0 Å². The summed E-state index contributed by atoms with van der Waals surface area (Å²) in [5, 5.41) is 8.24. The first kappa shape index (κ1) is 21.5. The third-order valence-electron chi connectivity index (χ3n) is 5.80. The van der Waals surface area contributed by atoms with E-state index >= 15 is 0 Å². The summed E-state index contributed by atoms with van der Waals surface area (Å²) in [6.45, 7) is 5.88. The maximum absolute atomic E-state index is 14.2. The zero-order chi connectivity index (χ0) is 22.8. The Bertz CT molecular complexity index is 1370. The van der Waals surface area contributed by atoms with Crippen LogP contribution >= 0.6 is 0 Å². The second kappa shape index (κ2) is 8.78. The number of carbonyl (C=O) groups excluding carboxylic acids is 1. The molecule has 4 rings (SSSR count). The normalized spacial score (nSPS) is 11.1. The van der Waals surface area contributed by atoms with Gasteiger partial charge in [0.05, 0.1) is 18.1 Å². The summed E-state index contributed by atoms with van der Waals surface area (Å²) < 4.78 is 17.2. The highest BCUT2D eigenvalue weighted by Crippen LogP contribution is 2.23. The first-order valence-electron chi connectivity index (χ1n) is 10.6. The molecule has 0 bridgehead atoms.